The van der Waals surface area contributed by atoms with Crippen molar-refractivity contribution in [1.29, 1.82) is 0 Å². The van der Waals surface area contributed by atoms with Crippen molar-refractivity contribution < 1.29 is 23.5 Å². The van der Waals surface area contributed by atoms with Crippen LogP contribution in [0.2, 0.25) is 0 Å². The van der Waals surface area contributed by atoms with Gasteiger partial charge in [0.25, 0.3) is 0 Å². The van der Waals surface area contributed by atoms with Crippen LogP contribution >= 0.6 is 0 Å². The third kappa shape index (κ3) is 4.05. The molecule has 0 spiro atoms. The van der Waals surface area contributed by atoms with Crippen molar-refractivity contribution in [1.82, 2.24) is 0 Å². The van der Waals surface area contributed by atoms with Gasteiger partial charge in [0.05, 0.1) is 7.11 Å². The van der Waals surface area contributed by atoms with Crippen molar-refractivity contribution in [3.8, 4) is 0 Å². The molecule has 0 saturated carbocycles. The third-order valence-electron chi connectivity index (χ3n) is 2.52. The van der Waals surface area contributed by atoms with E-state index in [4.69, 9.17) is 4.74 Å². The number of ether oxygens (including phenoxy) is 2. The van der Waals surface area contributed by atoms with Crippen molar-refractivity contribution in [2.24, 2.45) is 0 Å². The van der Waals surface area contributed by atoms with Crippen LogP contribution < -0.4 is 0 Å². The zero-order chi connectivity index (χ0) is 15.4. The highest BCUT2D eigenvalue weighted by Crippen LogP contribution is 2.24. The topological polar surface area (TPSA) is 52.6 Å². The van der Waals surface area contributed by atoms with E-state index in [0.717, 1.165) is 7.11 Å². The number of rotatable bonds is 4. The fourth-order valence-electron chi connectivity index (χ4n) is 1.63. The molecule has 0 aliphatic rings. The molecule has 0 radical (unpaired) electrons. The summed E-state index contributed by atoms with van der Waals surface area (Å²) in [6, 6.07) is 8.41. The van der Waals surface area contributed by atoms with Gasteiger partial charge in [-0.25, -0.2) is 14.0 Å². The molecule has 0 aliphatic heterocycles. The van der Waals surface area contributed by atoms with Gasteiger partial charge in [0, 0.05) is 6.42 Å². The van der Waals surface area contributed by atoms with E-state index in [1.165, 1.54) is 0 Å². The first-order valence-electron chi connectivity index (χ1n) is 6.24. The number of alkyl halides is 1. The van der Waals surface area contributed by atoms with Crippen LogP contribution in [0.25, 0.3) is 0 Å². The Kier molecular flexibility index (Phi) is 4.87. The van der Waals surface area contributed by atoms with Crippen molar-refractivity contribution in [3.05, 3.63) is 35.9 Å². The standard InChI is InChI=1S/C15H19FO4/c1-14(2,3)20-13(18)15(16,12(17)19-4)10-11-8-6-5-7-9-11/h5-9H,10H2,1-4H3. The first-order chi connectivity index (χ1) is 9.19. The van der Waals surface area contributed by atoms with Gasteiger partial charge < -0.3 is 9.47 Å². The van der Waals surface area contributed by atoms with E-state index >= 15 is 0 Å². The number of benzene rings is 1. The SMILES string of the molecule is COC(=O)C(F)(Cc1ccccc1)C(=O)OC(C)(C)C. The van der Waals surface area contributed by atoms with Crippen molar-refractivity contribution >= 4 is 11.9 Å². The van der Waals surface area contributed by atoms with Crippen molar-refractivity contribution in [2.75, 3.05) is 7.11 Å². The Morgan fingerprint density at radius 1 is 1.10 bits per heavy atom. The summed E-state index contributed by atoms with van der Waals surface area (Å²) in [7, 11) is 1.03. The summed E-state index contributed by atoms with van der Waals surface area (Å²) in [6.07, 6.45) is -0.421. The summed E-state index contributed by atoms with van der Waals surface area (Å²) >= 11 is 0. The number of carbonyl (C=O) groups excluding carboxylic acids is 2. The highest BCUT2D eigenvalue weighted by molar-refractivity contribution is 6.03. The Bertz CT molecular complexity index is 478. The normalized spacial score (nSPS) is 14.2. The van der Waals surface area contributed by atoms with Crippen molar-refractivity contribution in [2.45, 2.75) is 38.5 Å². The van der Waals surface area contributed by atoms with Crippen LogP contribution in [0.3, 0.4) is 0 Å². The number of halogens is 1. The number of carbonyl (C=O) groups is 2. The van der Waals surface area contributed by atoms with Gasteiger partial charge in [-0.1, -0.05) is 30.3 Å². The number of esters is 2. The van der Waals surface area contributed by atoms with E-state index in [0.29, 0.717) is 5.56 Å². The third-order valence-corrected chi connectivity index (χ3v) is 2.52. The van der Waals surface area contributed by atoms with Crippen molar-refractivity contribution in [3.63, 3.8) is 0 Å². The molecule has 0 amide bonds. The van der Waals surface area contributed by atoms with E-state index in [9.17, 15) is 14.0 Å². The fraction of sp³-hybridized carbons (Fsp3) is 0.467. The predicted octanol–water partition coefficient (Wildman–Crippen LogP) is 2.45. The molecule has 20 heavy (non-hydrogen) atoms. The van der Waals surface area contributed by atoms with Crippen LogP contribution in [0.1, 0.15) is 26.3 Å². The highest BCUT2D eigenvalue weighted by atomic mass is 19.1. The van der Waals surface area contributed by atoms with Crippen LogP contribution in [-0.2, 0) is 25.5 Å². The maximum atomic E-state index is 14.8. The van der Waals surface area contributed by atoms with E-state index in [1.54, 1.807) is 51.1 Å². The average molecular weight is 282 g/mol. The molecule has 1 aromatic carbocycles. The van der Waals surface area contributed by atoms with Gasteiger partial charge in [0.2, 0.25) is 0 Å². The second kappa shape index (κ2) is 6.03. The minimum absolute atomic E-state index is 0.421. The molecule has 0 aromatic heterocycles. The summed E-state index contributed by atoms with van der Waals surface area (Å²) in [5.41, 5.74) is -3.23. The molecular formula is C15H19FO4. The van der Waals surface area contributed by atoms with Gasteiger partial charge in [-0.05, 0) is 26.3 Å². The van der Waals surface area contributed by atoms with Gasteiger partial charge in [-0.2, -0.15) is 0 Å². The average Bonchev–Trinajstić information content (AvgIpc) is 2.36. The van der Waals surface area contributed by atoms with Crippen LogP contribution in [0, 0.1) is 0 Å². The van der Waals surface area contributed by atoms with Crippen LogP contribution in [0.5, 0.6) is 0 Å². The maximum absolute atomic E-state index is 14.8. The molecule has 1 atom stereocenters. The number of hydrogen-bond donors (Lipinski definition) is 0. The first kappa shape index (κ1) is 16.1. The van der Waals surface area contributed by atoms with E-state index in [2.05, 4.69) is 4.74 Å². The fourth-order valence-corrected chi connectivity index (χ4v) is 1.63. The minimum atomic E-state index is -2.84. The lowest BCUT2D eigenvalue weighted by atomic mass is 9.96. The number of hydrogen-bond acceptors (Lipinski definition) is 4. The molecule has 0 saturated heterocycles. The monoisotopic (exact) mass is 282 g/mol. The quantitative estimate of drug-likeness (QED) is 0.629. The largest absolute Gasteiger partial charge is 0.466 e. The first-order valence-corrected chi connectivity index (χ1v) is 6.24. The molecule has 0 aliphatic carbocycles. The summed E-state index contributed by atoms with van der Waals surface area (Å²) in [5, 5.41) is 0. The Hall–Kier alpha value is -1.91. The van der Waals surface area contributed by atoms with Gasteiger partial charge in [0.15, 0.2) is 0 Å². The highest BCUT2D eigenvalue weighted by Gasteiger charge is 2.50. The predicted molar refractivity (Wildman–Crippen MR) is 71.8 cm³/mol. The zero-order valence-electron chi connectivity index (χ0n) is 12.1. The molecule has 0 N–H and O–H groups in total. The molecule has 1 unspecified atom stereocenters. The molecule has 1 aromatic rings. The Labute approximate surface area is 117 Å². The van der Waals surface area contributed by atoms with Gasteiger partial charge in [0.1, 0.15) is 5.60 Å². The van der Waals surface area contributed by atoms with Gasteiger partial charge in [-0.15, -0.1) is 0 Å². The summed E-state index contributed by atoms with van der Waals surface area (Å²) in [6.45, 7) is 4.81. The van der Waals surface area contributed by atoms with E-state index in [-0.39, 0.29) is 0 Å². The van der Waals surface area contributed by atoms with Gasteiger partial charge in [-0.3, -0.25) is 0 Å². The second-order valence-electron chi connectivity index (χ2n) is 5.46. The van der Waals surface area contributed by atoms with Crippen LogP contribution in [0.15, 0.2) is 30.3 Å². The lowest BCUT2D eigenvalue weighted by Gasteiger charge is -2.26. The second-order valence-corrected chi connectivity index (χ2v) is 5.46. The molecule has 1 rings (SSSR count). The molecule has 0 heterocycles. The molecule has 4 nitrogen and oxygen atoms in total. The Balaban J connectivity index is 3.04. The summed E-state index contributed by atoms with van der Waals surface area (Å²) in [4.78, 5) is 23.7. The molecular weight excluding hydrogens is 263 g/mol. The molecule has 0 bridgehead atoms. The lowest BCUT2D eigenvalue weighted by molar-refractivity contribution is -0.180. The number of methoxy groups -OCH3 is 1. The maximum Gasteiger partial charge on any atom is 0.356 e. The smallest absolute Gasteiger partial charge is 0.356 e. The Morgan fingerprint density at radius 2 is 1.65 bits per heavy atom. The van der Waals surface area contributed by atoms with E-state index < -0.39 is 29.6 Å². The van der Waals surface area contributed by atoms with E-state index in [1.807, 2.05) is 0 Å². The van der Waals surface area contributed by atoms with Crippen LogP contribution in [0.4, 0.5) is 4.39 Å². The van der Waals surface area contributed by atoms with Crippen LogP contribution in [-0.4, -0.2) is 30.3 Å². The molecule has 0 fully saturated rings. The molecule has 110 valence electrons. The van der Waals surface area contributed by atoms with Gasteiger partial charge >= 0.3 is 17.6 Å². The summed E-state index contributed by atoms with van der Waals surface area (Å²) in [5.74, 6) is -2.49. The molecule has 5 heteroatoms. The Morgan fingerprint density at radius 3 is 2.10 bits per heavy atom. The lowest BCUT2D eigenvalue weighted by Crippen LogP contribution is -2.48. The zero-order valence-corrected chi connectivity index (χ0v) is 12.1. The minimum Gasteiger partial charge on any atom is -0.466 e. The summed E-state index contributed by atoms with van der Waals surface area (Å²) < 4.78 is 24.2.